The summed E-state index contributed by atoms with van der Waals surface area (Å²) in [6, 6.07) is 3.23. The van der Waals surface area contributed by atoms with Crippen LogP contribution in [0.2, 0.25) is 0 Å². The molecule has 0 bridgehead atoms. The largest absolute Gasteiger partial charge is 0.486 e. The van der Waals surface area contributed by atoms with Gasteiger partial charge in [0.15, 0.2) is 11.5 Å². The molecule has 4 nitrogen and oxygen atoms in total. The molecule has 0 saturated carbocycles. The highest BCUT2D eigenvalue weighted by atomic mass is 19.3. The standard InChI is InChI=1S/C11H14F2N2O2/c1-15(6-11(12)13)8-5-10-9(4-7(8)14)16-2-3-17-10/h4-5,11H,2-3,6,14H2,1H3. The molecule has 94 valence electrons. The van der Waals surface area contributed by atoms with Crippen molar-refractivity contribution in [2.45, 2.75) is 6.43 Å². The van der Waals surface area contributed by atoms with Crippen LogP contribution in [0.1, 0.15) is 0 Å². The van der Waals surface area contributed by atoms with E-state index in [9.17, 15) is 8.78 Å². The van der Waals surface area contributed by atoms with Crippen molar-refractivity contribution < 1.29 is 18.3 Å². The summed E-state index contributed by atoms with van der Waals surface area (Å²) in [5.41, 5.74) is 6.72. The molecule has 17 heavy (non-hydrogen) atoms. The fourth-order valence-electron chi connectivity index (χ4n) is 1.73. The lowest BCUT2D eigenvalue weighted by atomic mass is 10.2. The van der Waals surface area contributed by atoms with E-state index in [0.717, 1.165) is 0 Å². The number of alkyl halides is 2. The lowest BCUT2D eigenvalue weighted by Gasteiger charge is -2.24. The summed E-state index contributed by atoms with van der Waals surface area (Å²) in [7, 11) is 1.56. The Morgan fingerprint density at radius 2 is 1.88 bits per heavy atom. The van der Waals surface area contributed by atoms with E-state index >= 15 is 0 Å². The number of hydrogen-bond acceptors (Lipinski definition) is 4. The second-order valence-electron chi connectivity index (χ2n) is 3.83. The summed E-state index contributed by atoms with van der Waals surface area (Å²) >= 11 is 0. The lowest BCUT2D eigenvalue weighted by molar-refractivity contribution is 0.156. The van der Waals surface area contributed by atoms with Crippen molar-refractivity contribution in [2.24, 2.45) is 0 Å². The molecule has 0 atom stereocenters. The summed E-state index contributed by atoms with van der Waals surface area (Å²) in [6.07, 6.45) is -2.41. The smallest absolute Gasteiger partial charge is 0.255 e. The number of nitrogens with zero attached hydrogens (tertiary/aromatic N) is 1. The predicted molar refractivity (Wildman–Crippen MR) is 61.1 cm³/mol. The third kappa shape index (κ3) is 2.51. The molecular formula is C11H14F2N2O2. The molecule has 2 N–H and O–H groups in total. The van der Waals surface area contributed by atoms with Crippen molar-refractivity contribution in [3.05, 3.63) is 12.1 Å². The Hall–Kier alpha value is -1.72. The molecule has 0 aromatic heterocycles. The first-order valence-corrected chi connectivity index (χ1v) is 5.26. The molecule has 1 aliphatic rings. The number of rotatable bonds is 3. The second-order valence-corrected chi connectivity index (χ2v) is 3.83. The molecule has 2 rings (SSSR count). The number of halogens is 2. The third-order valence-electron chi connectivity index (χ3n) is 2.51. The monoisotopic (exact) mass is 244 g/mol. The minimum Gasteiger partial charge on any atom is -0.486 e. The van der Waals surface area contributed by atoms with Crippen LogP contribution in [0, 0.1) is 0 Å². The Morgan fingerprint density at radius 1 is 1.29 bits per heavy atom. The highest BCUT2D eigenvalue weighted by Gasteiger charge is 2.18. The van der Waals surface area contributed by atoms with Crippen LogP contribution in [0.25, 0.3) is 0 Å². The first kappa shape index (κ1) is 11.8. The molecule has 1 heterocycles. The van der Waals surface area contributed by atoms with Crippen LogP contribution in [0.4, 0.5) is 20.2 Å². The maximum absolute atomic E-state index is 12.3. The molecular weight excluding hydrogens is 230 g/mol. The van der Waals surface area contributed by atoms with Gasteiger partial charge in [0.05, 0.1) is 17.9 Å². The normalized spacial score (nSPS) is 13.9. The van der Waals surface area contributed by atoms with Gasteiger partial charge in [-0.05, 0) is 0 Å². The minimum absolute atomic E-state index is 0.371. The summed E-state index contributed by atoms with van der Waals surface area (Å²) in [5, 5.41) is 0. The molecule has 0 aliphatic carbocycles. The Morgan fingerprint density at radius 3 is 2.47 bits per heavy atom. The average molecular weight is 244 g/mol. The van der Waals surface area contributed by atoms with Gasteiger partial charge in [0.1, 0.15) is 13.2 Å². The van der Waals surface area contributed by atoms with Gasteiger partial charge in [0, 0.05) is 19.2 Å². The average Bonchev–Trinajstić information content (AvgIpc) is 2.27. The van der Waals surface area contributed by atoms with Crippen molar-refractivity contribution >= 4 is 11.4 Å². The first-order chi connectivity index (χ1) is 8.08. The number of anilines is 2. The Labute approximate surface area is 97.9 Å². The maximum Gasteiger partial charge on any atom is 0.255 e. The van der Waals surface area contributed by atoms with E-state index in [0.29, 0.717) is 36.1 Å². The van der Waals surface area contributed by atoms with Crippen molar-refractivity contribution in [3.8, 4) is 11.5 Å². The SMILES string of the molecule is CN(CC(F)F)c1cc2c(cc1N)OCCO2. The van der Waals surface area contributed by atoms with Crippen molar-refractivity contribution in [1.29, 1.82) is 0 Å². The molecule has 0 amide bonds. The zero-order valence-electron chi connectivity index (χ0n) is 9.45. The van der Waals surface area contributed by atoms with Crippen LogP contribution >= 0.6 is 0 Å². The number of fused-ring (bicyclic) bond motifs is 1. The van der Waals surface area contributed by atoms with Gasteiger partial charge in [-0.1, -0.05) is 0 Å². The van der Waals surface area contributed by atoms with Crippen LogP contribution < -0.4 is 20.1 Å². The van der Waals surface area contributed by atoms with E-state index in [1.807, 2.05) is 0 Å². The molecule has 0 unspecified atom stereocenters. The number of nitrogens with two attached hydrogens (primary N) is 1. The first-order valence-electron chi connectivity index (χ1n) is 5.26. The van der Waals surface area contributed by atoms with Crippen molar-refractivity contribution in [3.63, 3.8) is 0 Å². The summed E-state index contributed by atoms with van der Waals surface area (Å²) in [4.78, 5) is 1.40. The molecule has 0 radical (unpaired) electrons. The summed E-state index contributed by atoms with van der Waals surface area (Å²) < 4.78 is 35.3. The fraction of sp³-hybridized carbons (Fsp3) is 0.455. The zero-order chi connectivity index (χ0) is 12.4. The van der Waals surface area contributed by atoms with Crippen molar-refractivity contribution in [2.75, 3.05) is 37.4 Å². The summed E-state index contributed by atoms with van der Waals surface area (Å²) in [6.45, 7) is 0.553. The predicted octanol–water partition coefficient (Wildman–Crippen LogP) is 1.74. The number of benzene rings is 1. The van der Waals surface area contributed by atoms with Crippen LogP contribution in [0.15, 0.2) is 12.1 Å². The van der Waals surface area contributed by atoms with Gasteiger partial charge in [-0.15, -0.1) is 0 Å². The number of ether oxygens (including phenoxy) is 2. The van der Waals surface area contributed by atoms with Gasteiger partial charge < -0.3 is 20.1 Å². The van der Waals surface area contributed by atoms with Crippen molar-refractivity contribution in [1.82, 2.24) is 0 Å². The highest BCUT2D eigenvalue weighted by Crippen LogP contribution is 2.38. The van der Waals surface area contributed by atoms with E-state index in [4.69, 9.17) is 15.2 Å². The molecule has 1 aromatic carbocycles. The molecule has 0 spiro atoms. The highest BCUT2D eigenvalue weighted by molar-refractivity contribution is 5.73. The lowest BCUT2D eigenvalue weighted by Crippen LogP contribution is -2.25. The van der Waals surface area contributed by atoms with Crippen LogP contribution in [0.3, 0.4) is 0 Å². The quantitative estimate of drug-likeness (QED) is 0.823. The van der Waals surface area contributed by atoms with Gasteiger partial charge in [-0.25, -0.2) is 8.78 Å². The van der Waals surface area contributed by atoms with E-state index in [2.05, 4.69) is 0 Å². The Bertz CT molecular complexity index is 413. The van der Waals surface area contributed by atoms with Gasteiger partial charge in [-0.3, -0.25) is 0 Å². The fourth-order valence-corrected chi connectivity index (χ4v) is 1.73. The molecule has 1 aliphatic heterocycles. The molecule has 6 heteroatoms. The third-order valence-corrected chi connectivity index (χ3v) is 2.51. The molecule has 0 fully saturated rings. The van der Waals surface area contributed by atoms with Gasteiger partial charge in [0.2, 0.25) is 0 Å². The molecule has 0 saturated heterocycles. The Kier molecular flexibility index (Phi) is 3.21. The molecule has 1 aromatic rings. The van der Waals surface area contributed by atoms with Gasteiger partial charge >= 0.3 is 0 Å². The number of nitrogen functional groups attached to an aromatic ring is 1. The zero-order valence-corrected chi connectivity index (χ0v) is 9.45. The summed E-state index contributed by atoms with van der Waals surface area (Å²) in [5.74, 6) is 1.10. The van der Waals surface area contributed by atoms with E-state index < -0.39 is 6.43 Å². The Balaban J connectivity index is 2.28. The van der Waals surface area contributed by atoms with Gasteiger partial charge in [-0.2, -0.15) is 0 Å². The topological polar surface area (TPSA) is 47.7 Å². The number of hydrogen-bond donors (Lipinski definition) is 1. The minimum atomic E-state index is -2.41. The van der Waals surface area contributed by atoms with E-state index in [1.165, 1.54) is 4.90 Å². The van der Waals surface area contributed by atoms with Gasteiger partial charge in [0.25, 0.3) is 6.43 Å². The van der Waals surface area contributed by atoms with Crippen LogP contribution in [0.5, 0.6) is 11.5 Å². The van der Waals surface area contributed by atoms with E-state index in [-0.39, 0.29) is 6.54 Å². The van der Waals surface area contributed by atoms with Crippen LogP contribution in [-0.4, -0.2) is 33.2 Å². The van der Waals surface area contributed by atoms with E-state index in [1.54, 1.807) is 19.2 Å². The maximum atomic E-state index is 12.3. The second kappa shape index (κ2) is 4.65. The van der Waals surface area contributed by atoms with Crippen LogP contribution in [-0.2, 0) is 0 Å².